The molecular formula is C8H16FNO. The van der Waals surface area contributed by atoms with Crippen molar-refractivity contribution in [2.45, 2.75) is 26.4 Å². The van der Waals surface area contributed by atoms with Gasteiger partial charge in [-0.15, -0.1) is 0 Å². The van der Waals surface area contributed by atoms with Crippen molar-refractivity contribution in [3.05, 3.63) is 11.9 Å². The Balaban J connectivity index is 3.70. The standard InChI is InChI=1S/C8H16FNO/c1-8(2,3)11-6-7(4-9)5-10/h4H,5-6,10H2,1-3H3/b7-4+. The fraction of sp³-hybridized carbons (Fsp3) is 0.750. The maximum atomic E-state index is 11.9. The van der Waals surface area contributed by atoms with Crippen molar-refractivity contribution in [1.82, 2.24) is 0 Å². The number of halogens is 1. The summed E-state index contributed by atoms with van der Waals surface area (Å²) in [5.74, 6) is 0. The molecule has 0 aromatic carbocycles. The second kappa shape index (κ2) is 4.46. The Bertz CT molecular complexity index is 138. The van der Waals surface area contributed by atoms with Gasteiger partial charge in [-0.05, 0) is 26.3 Å². The van der Waals surface area contributed by atoms with Gasteiger partial charge in [-0.2, -0.15) is 0 Å². The maximum absolute atomic E-state index is 11.9. The molecule has 0 aliphatic carbocycles. The predicted octanol–water partition coefficient (Wildman–Crippen LogP) is 1.61. The molecule has 0 bridgehead atoms. The molecule has 0 aromatic rings. The van der Waals surface area contributed by atoms with Crippen molar-refractivity contribution in [2.24, 2.45) is 5.73 Å². The van der Waals surface area contributed by atoms with Gasteiger partial charge in [0.05, 0.1) is 18.5 Å². The summed E-state index contributed by atoms with van der Waals surface area (Å²) < 4.78 is 17.2. The Hall–Kier alpha value is -0.410. The molecular weight excluding hydrogens is 145 g/mol. The fourth-order valence-corrected chi connectivity index (χ4v) is 0.444. The molecule has 0 rings (SSSR count). The van der Waals surface area contributed by atoms with Crippen molar-refractivity contribution >= 4 is 0 Å². The molecule has 0 amide bonds. The van der Waals surface area contributed by atoms with Gasteiger partial charge in [-0.3, -0.25) is 0 Å². The molecule has 0 aliphatic rings. The first-order valence-corrected chi connectivity index (χ1v) is 3.62. The first-order valence-electron chi connectivity index (χ1n) is 3.62. The van der Waals surface area contributed by atoms with Crippen molar-refractivity contribution in [3.63, 3.8) is 0 Å². The van der Waals surface area contributed by atoms with Crippen LogP contribution in [0.2, 0.25) is 0 Å². The Labute approximate surface area is 67.2 Å². The number of hydrogen-bond acceptors (Lipinski definition) is 2. The second-order valence-corrected chi connectivity index (χ2v) is 3.37. The van der Waals surface area contributed by atoms with Crippen LogP contribution in [0.1, 0.15) is 20.8 Å². The molecule has 0 saturated carbocycles. The van der Waals surface area contributed by atoms with Crippen LogP contribution < -0.4 is 5.73 Å². The van der Waals surface area contributed by atoms with Crippen molar-refractivity contribution < 1.29 is 9.13 Å². The van der Waals surface area contributed by atoms with Gasteiger partial charge in [0.2, 0.25) is 0 Å². The lowest BCUT2D eigenvalue weighted by molar-refractivity contribution is 0.0104. The van der Waals surface area contributed by atoms with Gasteiger partial charge < -0.3 is 10.5 Å². The minimum absolute atomic E-state index is 0.215. The van der Waals surface area contributed by atoms with Crippen LogP contribution in [0.15, 0.2) is 11.9 Å². The Morgan fingerprint density at radius 3 is 2.36 bits per heavy atom. The lowest BCUT2D eigenvalue weighted by Gasteiger charge is -2.19. The topological polar surface area (TPSA) is 35.2 Å². The molecule has 0 saturated heterocycles. The van der Waals surface area contributed by atoms with E-state index in [1.165, 1.54) is 0 Å². The summed E-state index contributed by atoms with van der Waals surface area (Å²) >= 11 is 0. The molecule has 0 radical (unpaired) electrons. The number of hydrogen-bond donors (Lipinski definition) is 1. The van der Waals surface area contributed by atoms with Crippen LogP contribution in [-0.4, -0.2) is 18.8 Å². The van der Waals surface area contributed by atoms with Gasteiger partial charge in [-0.25, -0.2) is 4.39 Å². The van der Waals surface area contributed by atoms with Gasteiger partial charge >= 0.3 is 0 Å². The third-order valence-electron chi connectivity index (χ3n) is 1.11. The summed E-state index contributed by atoms with van der Waals surface area (Å²) in [6, 6.07) is 0. The van der Waals surface area contributed by atoms with Gasteiger partial charge in [0.1, 0.15) is 0 Å². The molecule has 0 atom stereocenters. The van der Waals surface area contributed by atoms with Gasteiger partial charge in [-0.1, -0.05) is 0 Å². The zero-order valence-electron chi connectivity index (χ0n) is 7.36. The molecule has 0 unspecified atom stereocenters. The van der Waals surface area contributed by atoms with Crippen LogP contribution in [0, 0.1) is 0 Å². The molecule has 66 valence electrons. The van der Waals surface area contributed by atoms with Crippen LogP contribution in [-0.2, 0) is 4.74 Å². The fourth-order valence-electron chi connectivity index (χ4n) is 0.444. The highest BCUT2D eigenvalue weighted by molar-refractivity contribution is 4.99. The second-order valence-electron chi connectivity index (χ2n) is 3.37. The van der Waals surface area contributed by atoms with Crippen LogP contribution in [0.4, 0.5) is 4.39 Å². The Morgan fingerprint density at radius 2 is 2.09 bits per heavy atom. The van der Waals surface area contributed by atoms with E-state index in [2.05, 4.69) is 0 Å². The Kier molecular flexibility index (Phi) is 4.30. The first-order chi connectivity index (χ1) is 4.99. The highest BCUT2D eigenvalue weighted by Gasteiger charge is 2.10. The van der Waals surface area contributed by atoms with Gasteiger partial charge in [0.15, 0.2) is 0 Å². The molecule has 0 heterocycles. The van der Waals surface area contributed by atoms with E-state index in [1.807, 2.05) is 20.8 Å². The average Bonchev–Trinajstić information content (AvgIpc) is 1.88. The van der Waals surface area contributed by atoms with Gasteiger partial charge in [0, 0.05) is 6.54 Å². The van der Waals surface area contributed by atoms with Crippen LogP contribution in [0.3, 0.4) is 0 Å². The van der Waals surface area contributed by atoms with Crippen molar-refractivity contribution in [1.29, 1.82) is 0 Å². The minimum Gasteiger partial charge on any atom is -0.371 e. The molecule has 0 spiro atoms. The molecule has 0 aliphatic heterocycles. The average molecular weight is 161 g/mol. The summed E-state index contributed by atoms with van der Waals surface area (Å²) in [5.41, 5.74) is 5.48. The minimum atomic E-state index is -0.233. The highest BCUT2D eigenvalue weighted by Crippen LogP contribution is 2.08. The molecule has 3 heteroatoms. The summed E-state index contributed by atoms with van der Waals surface area (Å²) in [5, 5.41) is 0. The quantitative estimate of drug-likeness (QED) is 0.682. The smallest absolute Gasteiger partial charge is 0.0894 e. The van der Waals surface area contributed by atoms with E-state index >= 15 is 0 Å². The van der Waals surface area contributed by atoms with E-state index in [0.717, 1.165) is 0 Å². The summed E-state index contributed by atoms with van der Waals surface area (Å²) in [6.45, 7) is 6.24. The number of rotatable bonds is 3. The molecule has 0 aromatic heterocycles. The van der Waals surface area contributed by atoms with E-state index in [1.54, 1.807) is 0 Å². The SMILES string of the molecule is CC(C)(C)OC/C(=C/F)CN. The zero-order chi connectivity index (χ0) is 8.91. The van der Waals surface area contributed by atoms with Gasteiger partial charge in [0.25, 0.3) is 0 Å². The lowest BCUT2D eigenvalue weighted by Crippen LogP contribution is -2.22. The Morgan fingerprint density at radius 1 is 1.55 bits per heavy atom. The highest BCUT2D eigenvalue weighted by atomic mass is 19.1. The lowest BCUT2D eigenvalue weighted by atomic mass is 10.2. The molecule has 2 nitrogen and oxygen atoms in total. The van der Waals surface area contributed by atoms with Crippen LogP contribution in [0.25, 0.3) is 0 Å². The van der Waals surface area contributed by atoms with E-state index in [4.69, 9.17) is 10.5 Å². The van der Waals surface area contributed by atoms with Crippen molar-refractivity contribution in [2.75, 3.05) is 13.2 Å². The molecule has 0 fully saturated rings. The number of nitrogens with two attached hydrogens (primary N) is 1. The normalized spacial score (nSPS) is 13.7. The molecule has 2 N–H and O–H groups in total. The zero-order valence-corrected chi connectivity index (χ0v) is 7.36. The third-order valence-corrected chi connectivity index (χ3v) is 1.11. The summed E-state index contributed by atoms with van der Waals surface area (Å²) in [4.78, 5) is 0. The van der Waals surface area contributed by atoms with Crippen LogP contribution >= 0.6 is 0 Å². The van der Waals surface area contributed by atoms with Crippen molar-refractivity contribution in [3.8, 4) is 0 Å². The first kappa shape index (κ1) is 10.6. The van der Waals surface area contributed by atoms with E-state index in [9.17, 15) is 4.39 Å². The maximum Gasteiger partial charge on any atom is 0.0894 e. The predicted molar refractivity (Wildman–Crippen MR) is 44.0 cm³/mol. The van der Waals surface area contributed by atoms with E-state index in [-0.39, 0.29) is 18.8 Å². The van der Waals surface area contributed by atoms with E-state index < -0.39 is 0 Å². The molecule has 11 heavy (non-hydrogen) atoms. The van der Waals surface area contributed by atoms with E-state index in [0.29, 0.717) is 11.9 Å². The van der Waals surface area contributed by atoms with Crippen LogP contribution in [0.5, 0.6) is 0 Å². The third kappa shape index (κ3) is 6.01. The summed E-state index contributed by atoms with van der Waals surface area (Å²) in [7, 11) is 0. The largest absolute Gasteiger partial charge is 0.371 e. The number of ether oxygens (including phenoxy) is 1. The monoisotopic (exact) mass is 161 g/mol. The summed E-state index contributed by atoms with van der Waals surface area (Å²) in [6.07, 6.45) is 0.506.